The summed E-state index contributed by atoms with van der Waals surface area (Å²) in [5.74, 6) is 1.37. The van der Waals surface area contributed by atoms with Crippen LogP contribution in [0.5, 0.6) is 0 Å². The molecule has 29 heavy (non-hydrogen) atoms. The van der Waals surface area contributed by atoms with Crippen molar-refractivity contribution in [2.75, 3.05) is 36.5 Å². The first-order chi connectivity index (χ1) is 14.3. The van der Waals surface area contributed by atoms with E-state index in [0.29, 0.717) is 22.0 Å². The third kappa shape index (κ3) is 3.57. The molecule has 0 atom stereocenters. The SMILES string of the molecule is O=C(Nc1nccs1)c1cccc2[nH]c(-c3ccc(N4CCOCC4)nc3)nc12. The van der Waals surface area contributed by atoms with E-state index in [1.54, 1.807) is 18.5 Å². The van der Waals surface area contributed by atoms with Gasteiger partial charge in [-0.25, -0.2) is 15.0 Å². The van der Waals surface area contributed by atoms with Gasteiger partial charge in [0.25, 0.3) is 5.91 Å². The number of imidazole rings is 1. The summed E-state index contributed by atoms with van der Waals surface area (Å²) in [5, 5.41) is 5.19. The van der Waals surface area contributed by atoms with Gasteiger partial charge in [0.05, 0.1) is 24.3 Å². The van der Waals surface area contributed by atoms with Crippen LogP contribution in [0.3, 0.4) is 0 Å². The Balaban J connectivity index is 1.43. The fourth-order valence-electron chi connectivity index (χ4n) is 3.31. The Bertz CT molecular complexity index is 1130. The minimum Gasteiger partial charge on any atom is -0.378 e. The highest BCUT2D eigenvalue weighted by Crippen LogP contribution is 2.25. The van der Waals surface area contributed by atoms with Gasteiger partial charge < -0.3 is 14.6 Å². The summed E-state index contributed by atoms with van der Waals surface area (Å²) in [4.78, 5) is 31.5. The Labute approximate surface area is 170 Å². The van der Waals surface area contributed by atoms with E-state index in [9.17, 15) is 4.79 Å². The first kappa shape index (κ1) is 17.8. The fraction of sp³-hybridized carbons (Fsp3) is 0.200. The highest BCUT2D eigenvalue weighted by atomic mass is 32.1. The second-order valence-electron chi connectivity index (χ2n) is 6.58. The smallest absolute Gasteiger partial charge is 0.259 e. The summed E-state index contributed by atoms with van der Waals surface area (Å²) in [5.41, 5.74) is 2.78. The number of nitrogens with one attached hydrogen (secondary N) is 2. The Hall–Kier alpha value is -3.30. The lowest BCUT2D eigenvalue weighted by molar-refractivity contribution is 0.102. The monoisotopic (exact) mass is 406 g/mol. The molecule has 1 aliphatic heterocycles. The van der Waals surface area contributed by atoms with Crippen LogP contribution in [0.15, 0.2) is 48.1 Å². The number of anilines is 2. The molecule has 1 aliphatic rings. The van der Waals surface area contributed by atoms with Crippen molar-refractivity contribution in [2.45, 2.75) is 0 Å². The Morgan fingerprint density at radius 1 is 1.17 bits per heavy atom. The average Bonchev–Trinajstić information content (AvgIpc) is 3.44. The number of fused-ring (bicyclic) bond motifs is 1. The molecule has 146 valence electrons. The molecule has 3 aromatic heterocycles. The van der Waals surface area contributed by atoms with E-state index in [0.717, 1.165) is 43.2 Å². The van der Waals surface area contributed by atoms with E-state index in [1.165, 1.54) is 11.3 Å². The van der Waals surface area contributed by atoms with Gasteiger partial charge in [0, 0.05) is 36.4 Å². The number of amides is 1. The number of morpholine rings is 1. The number of thiazole rings is 1. The maximum Gasteiger partial charge on any atom is 0.259 e. The van der Waals surface area contributed by atoms with Crippen molar-refractivity contribution in [1.82, 2.24) is 19.9 Å². The van der Waals surface area contributed by atoms with Crippen molar-refractivity contribution in [3.8, 4) is 11.4 Å². The van der Waals surface area contributed by atoms with Crippen LogP contribution in [-0.4, -0.2) is 52.1 Å². The maximum absolute atomic E-state index is 12.7. The Kier molecular flexibility index (Phi) is 4.66. The summed E-state index contributed by atoms with van der Waals surface area (Å²) in [6.07, 6.45) is 3.46. The van der Waals surface area contributed by atoms with Crippen molar-refractivity contribution in [1.29, 1.82) is 0 Å². The molecule has 4 aromatic rings. The number of hydrogen-bond acceptors (Lipinski definition) is 7. The third-order valence-electron chi connectivity index (χ3n) is 4.77. The highest BCUT2D eigenvalue weighted by molar-refractivity contribution is 7.13. The third-order valence-corrected chi connectivity index (χ3v) is 5.46. The largest absolute Gasteiger partial charge is 0.378 e. The number of aromatic nitrogens is 4. The Morgan fingerprint density at radius 3 is 2.83 bits per heavy atom. The number of ether oxygens (including phenoxy) is 1. The predicted molar refractivity (Wildman–Crippen MR) is 112 cm³/mol. The van der Waals surface area contributed by atoms with Gasteiger partial charge in [-0.3, -0.25) is 10.1 Å². The molecule has 8 nitrogen and oxygen atoms in total. The lowest BCUT2D eigenvalue weighted by Crippen LogP contribution is -2.36. The Morgan fingerprint density at radius 2 is 2.07 bits per heavy atom. The molecule has 5 rings (SSSR count). The minimum absolute atomic E-state index is 0.232. The van der Waals surface area contributed by atoms with Crippen molar-refractivity contribution in [3.05, 3.63) is 53.7 Å². The van der Waals surface area contributed by atoms with Crippen LogP contribution in [0.25, 0.3) is 22.4 Å². The van der Waals surface area contributed by atoms with E-state index in [4.69, 9.17) is 4.74 Å². The molecular formula is C20H18N6O2S. The number of hydrogen-bond donors (Lipinski definition) is 2. The van der Waals surface area contributed by atoms with Gasteiger partial charge in [-0.15, -0.1) is 11.3 Å². The summed E-state index contributed by atoms with van der Waals surface area (Å²) < 4.78 is 5.39. The van der Waals surface area contributed by atoms with Crippen molar-refractivity contribution < 1.29 is 9.53 Å². The predicted octanol–water partition coefficient (Wildman–Crippen LogP) is 3.17. The first-order valence-electron chi connectivity index (χ1n) is 9.26. The number of nitrogens with zero attached hydrogens (tertiary/aromatic N) is 4. The zero-order valence-electron chi connectivity index (χ0n) is 15.5. The number of benzene rings is 1. The van der Waals surface area contributed by atoms with Gasteiger partial charge >= 0.3 is 0 Å². The normalized spacial score (nSPS) is 14.3. The molecule has 1 amide bonds. The molecule has 0 spiro atoms. The quantitative estimate of drug-likeness (QED) is 0.540. The second-order valence-corrected chi connectivity index (χ2v) is 7.48. The molecular weight excluding hydrogens is 388 g/mol. The average molecular weight is 406 g/mol. The van der Waals surface area contributed by atoms with E-state index in [1.807, 2.05) is 29.6 Å². The minimum atomic E-state index is -0.232. The second kappa shape index (κ2) is 7.61. The van der Waals surface area contributed by atoms with Crippen molar-refractivity contribution >= 4 is 39.2 Å². The maximum atomic E-state index is 12.7. The first-order valence-corrected chi connectivity index (χ1v) is 10.1. The molecule has 9 heteroatoms. The number of carbonyl (C=O) groups excluding carboxylic acids is 1. The van der Waals surface area contributed by atoms with Gasteiger partial charge in [-0.2, -0.15) is 0 Å². The molecule has 2 N–H and O–H groups in total. The van der Waals surface area contributed by atoms with E-state index in [-0.39, 0.29) is 5.91 Å². The van der Waals surface area contributed by atoms with Gasteiger partial charge in [0.2, 0.25) is 0 Å². The van der Waals surface area contributed by atoms with Gasteiger partial charge in [-0.1, -0.05) is 6.07 Å². The number of H-pyrrole nitrogens is 1. The van der Waals surface area contributed by atoms with Crippen LogP contribution in [0.1, 0.15) is 10.4 Å². The summed E-state index contributed by atoms with van der Waals surface area (Å²) in [6, 6.07) is 9.48. The van der Waals surface area contributed by atoms with Crippen LogP contribution in [0.2, 0.25) is 0 Å². The summed E-state index contributed by atoms with van der Waals surface area (Å²) in [7, 11) is 0. The molecule has 1 aromatic carbocycles. The number of aromatic amines is 1. The van der Waals surface area contributed by atoms with Gasteiger partial charge in [-0.05, 0) is 24.3 Å². The zero-order chi connectivity index (χ0) is 19.6. The van der Waals surface area contributed by atoms with Crippen molar-refractivity contribution in [2.24, 2.45) is 0 Å². The highest BCUT2D eigenvalue weighted by Gasteiger charge is 2.16. The lowest BCUT2D eigenvalue weighted by atomic mass is 10.2. The van der Waals surface area contributed by atoms with E-state index >= 15 is 0 Å². The zero-order valence-corrected chi connectivity index (χ0v) is 16.3. The van der Waals surface area contributed by atoms with Crippen LogP contribution in [0.4, 0.5) is 10.9 Å². The van der Waals surface area contributed by atoms with Gasteiger partial charge in [0.15, 0.2) is 5.13 Å². The number of carbonyl (C=O) groups is 1. The molecule has 0 aliphatic carbocycles. The molecule has 0 radical (unpaired) electrons. The molecule has 0 unspecified atom stereocenters. The van der Waals surface area contributed by atoms with Gasteiger partial charge in [0.1, 0.15) is 17.2 Å². The molecule has 1 fully saturated rings. The van der Waals surface area contributed by atoms with Crippen LogP contribution < -0.4 is 10.2 Å². The van der Waals surface area contributed by atoms with Crippen LogP contribution >= 0.6 is 11.3 Å². The standard InChI is InChI=1S/C20H18N6O2S/c27-19(25-20-21-6-11-29-20)14-2-1-3-15-17(14)24-18(23-15)13-4-5-16(22-12-13)26-7-9-28-10-8-26/h1-6,11-12H,7-10H2,(H,23,24)(H,21,25,27). The molecule has 0 bridgehead atoms. The number of pyridine rings is 1. The number of rotatable bonds is 4. The van der Waals surface area contributed by atoms with E-state index in [2.05, 4.69) is 30.2 Å². The molecule has 4 heterocycles. The molecule has 1 saturated heterocycles. The lowest BCUT2D eigenvalue weighted by Gasteiger charge is -2.27. The fourth-order valence-corrected chi connectivity index (χ4v) is 3.83. The molecule has 0 saturated carbocycles. The van der Waals surface area contributed by atoms with Crippen LogP contribution in [0, 0.1) is 0 Å². The number of para-hydroxylation sites is 1. The van der Waals surface area contributed by atoms with E-state index < -0.39 is 0 Å². The van der Waals surface area contributed by atoms with Crippen LogP contribution in [-0.2, 0) is 4.74 Å². The summed E-state index contributed by atoms with van der Waals surface area (Å²) >= 11 is 1.38. The summed E-state index contributed by atoms with van der Waals surface area (Å²) in [6.45, 7) is 3.13. The van der Waals surface area contributed by atoms with Crippen molar-refractivity contribution in [3.63, 3.8) is 0 Å². The topological polar surface area (TPSA) is 96.0 Å².